The van der Waals surface area contributed by atoms with E-state index in [-0.39, 0.29) is 0 Å². The quantitative estimate of drug-likeness (QED) is 0.186. The molecule has 10 aromatic rings. The van der Waals surface area contributed by atoms with Crippen molar-refractivity contribution < 1.29 is 4.42 Å². The Hall–Kier alpha value is -6.16. The van der Waals surface area contributed by atoms with Crippen LogP contribution in [-0.2, 0) is 0 Å². The number of anilines is 3. The molecule has 8 aromatic carbocycles. The zero-order valence-electron chi connectivity index (χ0n) is 26.5. The fraction of sp³-hybridized carbons (Fsp3) is 0. The van der Waals surface area contributed by atoms with Crippen LogP contribution in [0.15, 0.2) is 180 Å². The van der Waals surface area contributed by atoms with Gasteiger partial charge in [0, 0.05) is 53.4 Å². The van der Waals surface area contributed by atoms with Gasteiger partial charge in [-0.15, -0.1) is 11.3 Å². The van der Waals surface area contributed by atoms with Gasteiger partial charge in [0.2, 0.25) is 0 Å². The molecule has 49 heavy (non-hydrogen) atoms. The van der Waals surface area contributed by atoms with E-state index in [1.54, 1.807) is 0 Å². The van der Waals surface area contributed by atoms with Gasteiger partial charge in [0.05, 0.1) is 0 Å². The summed E-state index contributed by atoms with van der Waals surface area (Å²) >= 11 is 1.85. The monoisotopic (exact) mass is 643 g/mol. The highest BCUT2D eigenvalue weighted by atomic mass is 32.1. The van der Waals surface area contributed by atoms with E-state index in [1.807, 2.05) is 17.4 Å². The lowest BCUT2D eigenvalue weighted by atomic mass is 9.95. The van der Waals surface area contributed by atoms with Crippen molar-refractivity contribution in [3.63, 3.8) is 0 Å². The third-order valence-corrected chi connectivity index (χ3v) is 10.8. The molecule has 0 radical (unpaired) electrons. The number of benzene rings is 8. The number of hydrogen-bond donors (Lipinski definition) is 0. The second-order valence-electron chi connectivity index (χ2n) is 12.5. The van der Waals surface area contributed by atoms with Crippen LogP contribution in [0.1, 0.15) is 0 Å². The van der Waals surface area contributed by atoms with Crippen LogP contribution >= 0.6 is 11.3 Å². The number of thiophene rings is 1. The molecule has 0 aliphatic rings. The number of fused-ring (bicyclic) bond motifs is 8. The molecule has 230 valence electrons. The van der Waals surface area contributed by atoms with Crippen molar-refractivity contribution in [1.29, 1.82) is 0 Å². The predicted octanol–water partition coefficient (Wildman–Crippen LogP) is 13.9. The lowest BCUT2D eigenvalue weighted by Gasteiger charge is -2.26. The Labute approximate surface area is 287 Å². The summed E-state index contributed by atoms with van der Waals surface area (Å²) in [5.41, 5.74) is 9.92. The van der Waals surface area contributed by atoms with Gasteiger partial charge < -0.3 is 9.32 Å². The minimum absolute atomic E-state index is 0.910. The maximum absolute atomic E-state index is 6.50. The third kappa shape index (κ3) is 4.62. The van der Waals surface area contributed by atoms with Gasteiger partial charge in [-0.05, 0) is 82.2 Å². The molecule has 0 aliphatic heterocycles. The number of hydrogen-bond acceptors (Lipinski definition) is 3. The van der Waals surface area contributed by atoms with Crippen molar-refractivity contribution in [2.45, 2.75) is 0 Å². The lowest BCUT2D eigenvalue weighted by molar-refractivity contribution is 0.673. The standard InChI is InChI=1S/C46H29NOS/c1-2-11-30(12-3-1)32-14-10-15-35(27-32)47(36-25-26-39-38-17-7-9-20-43(38)49-44(39)29-36)34-23-21-31(22-24-34)41-28-33-13-4-5-16-37(33)46-45(41)40-18-6-8-19-42(40)48-46/h1-29H. The van der Waals surface area contributed by atoms with E-state index in [4.69, 9.17) is 4.42 Å². The largest absolute Gasteiger partial charge is 0.455 e. The molecule has 3 heteroatoms. The smallest absolute Gasteiger partial charge is 0.143 e. The van der Waals surface area contributed by atoms with E-state index in [0.29, 0.717) is 0 Å². The van der Waals surface area contributed by atoms with Crippen LogP contribution in [0, 0.1) is 0 Å². The molecular formula is C46H29NOS. The topological polar surface area (TPSA) is 16.4 Å². The summed E-state index contributed by atoms with van der Waals surface area (Å²) in [5, 5.41) is 7.21. The van der Waals surface area contributed by atoms with Crippen LogP contribution in [-0.4, -0.2) is 0 Å². The second kappa shape index (κ2) is 11.2. The van der Waals surface area contributed by atoms with Crippen molar-refractivity contribution in [3.05, 3.63) is 176 Å². The van der Waals surface area contributed by atoms with E-state index in [2.05, 4.69) is 175 Å². The summed E-state index contributed by atoms with van der Waals surface area (Å²) in [6.45, 7) is 0. The van der Waals surface area contributed by atoms with E-state index in [1.165, 1.54) is 42.2 Å². The van der Waals surface area contributed by atoms with Gasteiger partial charge in [-0.3, -0.25) is 0 Å². The molecule has 0 spiro atoms. The molecular weight excluding hydrogens is 615 g/mol. The molecule has 10 rings (SSSR count). The summed E-state index contributed by atoms with van der Waals surface area (Å²) in [7, 11) is 0. The fourth-order valence-electron chi connectivity index (χ4n) is 7.33. The SMILES string of the molecule is c1ccc(-c2cccc(N(c3ccc(-c4cc5ccccc5c5oc6ccccc6c45)cc3)c3ccc4c(c3)sc3ccccc34)c2)cc1. The molecule has 0 amide bonds. The first-order valence-electron chi connectivity index (χ1n) is 16.6. The molecule has 2 nitrogen and oxygen atoms in total. The zero-order valence-corrected chi connectivity index (χ0v) is 27.3. The highest BCUT2D eigenvalue weighted by Gasteiger charge is 2.19. The Kier molecular flexibility index (Phi) is 6.39. The van der Waals surface area contributed by atoms with Crippen molar-refractivity contribution in [2.75, 3.05) is 4.90 Å². The summed E-state index contributed by atoms with van der Waals surface area (Å²) in [4.78, 5) is 2.38. The summed E-state index contributed by atoms with van der Waals surface area (Å²) in [6, 6.07) is 63.2. The minimum atomic E-state index is 0.910. The first-order valence-corrected chi connectivity index (χ1v) is 17.4. The molecule has 0 atom stereocenters. The highest BCUT2D eigenvalue weighted by Crippen LogP contribution is 2.44. The van der Waals surface area contributed by atoms with Crippen LogP contribution in [0.5, 0.6) is 0 Å². The average molecular weight is 644 g/mol. The molecule has 0 unspecified atom stereocenters. The van der Waals surface area contributed by atoms with Crippen LogP contribution in [0.2, 0.25) is 0 Å². The fourth-order valence-corrected chi connectivity index (χ4v) is 8.47. The Morgan fingerprint density at radius 1 is 0.408 bits per heavy atom. The molecule has 0 bridgehead atoms. The van der Waals surface area contributed by atoms with Gasteiger partial charge in [-0.2, -0.15) is 0 Å². The Bertz CT molecular complexity index is 2830. The zero-order chi connectivity index (χ0) is 32.3. The predicted molar refractivity (Wildman–Crippen MR) is 210 cm³/mol. The number of para-hydroxylation sites is 1. The summed E-state index contributed by atoms with van der Waals surface area (Å²) in [5.74, 6) is 0. The second-order valence-corrected chi connectivity index (χ2v) is 13.6. The van der Waals surface area contributed by atoms with Gasteiger partial charge >= 0.3 is 0 Å². The summed E-state index contributed by atoms with van der Waals surface area (Å²) < 4.78 is 9.10. The third-order valence-electron chi connectivity index (χ3n) is 9.64. The highest BCUT2D eigenvalue weighted by molar-refractivity contribution is 7.25. The number of furan rings is 1. The molecule has 0 saturated heterocycles. The van der Waals surface area contributed by atoms with Crippen molar-refractivity contribution in [2.24, 2.45) is 0 Å². The molecule has 0 fully saturated rings. The first kappa shape index (κ1) is 27.9. The van der Waals surface area contributed by atoms with E-state index in [0.717, 1.165) is 50.0 Å². The van der Waals surface area contributed by atoms with Crippen LogP contribution in [0.3, 0.4) is 0 Å². The van der Waals surface area contributed by atoms with Gasteiger partial charge in [-0.1, -0.05) is 121 Å². The van der Waals surface area contributed by atoms with Crippen LogP contribution in [0.25, 0.3) is 75.1 Å². The Balaban J connectivity index is 1.15. The molecule has 2 heterocycles. The number of nitrogens with zero attached hydrogens (tertiary/aromatic N) is 1. The normalized spacial score (nSPS) is 11.7. The van der Waals surface area contributed by atoms with E-state index >= 15 is 0 Å². The van der Waals surface area contributed by atoms with Gasteiger partial charge in [-0.25, -0.2) is 0 Å². The average Bonchev–Trinajstić information content (AvgIpc) is 3.74. The van der Waals surface area contributed by atoms with Gasteiger partial charge in [0.25, 0.3) is 0 Å². The Morgan fingerprint density at radius 3 is 1.96 bits per heavy atom. The lowest BCUT2D eigenvalue weighted by Crippen LogP contribution is -2.09. The van der Waals surface area contributed by atoms with Crippen LogP contribution < -0.4 is 4.90 Å². The maximum atomic E-state index is 6.50. The minimum Gasteiger partial charge on any atom is -0.455 e. The van der Waals surface area contributed by atoms with E-state index in [9.17, 15) is 0 Å². The van der Waals surface area contributed by atoms with Crippen LogP contribution in [0.4, 0.5) is 17.1 Å². The van der Waals surface area contributed by atoms with E-state index < -0.39 is 0 Å². The maximum Gasteiger partial charge on any atom is 0.143 e. The van der Waals surface area contributed by atoms with Crippen molar-refractivity contribution >= 4 is 81.3 Å². The Morgan fingerprint density at radius 2 is 1.08 bits per heavy atom. The van der Waals surface area contributed by atoms with Gasteiger partial charge in [0.1, 0.15) is 11.2 Å². The molecule has 2 aromatic heterocycles. The van der Waals surface area contributed by atoms with Crippen molar-refractivity contribution in [3.8, 4) is 22.3 Å². The molecule has 0 N–H and O–H groups in total. The summed E-state index contributed by atoms with van der Waals surface area (Å²) in [6.07, 6.45) is 0. The first-order chi connectivity index (χ1) is 24.3. The van der Waals surface area contributed by atoms with Crippen molar-refractivity contribution in [1.82, 2.24) is 0 Å². The molecule has 0 aliphatic carbocycles. The number of rotatable bonds is 5. The molecule has 0 saturated carbocycles. The van der Waals surface area contributed by atoms with Gasteiger partial charge in [0.15, 0.2) is 0 Å².